The molecule has 1 fully saturated rings. The topological polar surface area (TPSA) is 61.4 Å². The summed E-state index contributed by atoms with van der Waals surface area (Å²) in [7, 11) is 1.90. The SMILES string of the molecule is CN(CC(=O)NCc1ccc(Cl)cc1)Cc1ccc(C(=O)NC2CC2)cc1. The van der Waals surface area contributed by atoms with Crippen molar-refractivity contribution in [2.45, 2.75) is 32.0 Å². The summed E-state index contributed by atoms with van der Waals surface area (Å²) in [4.78, 5) is 26.0. The second-order valence-corrected chi connectivity index (χ2v) is 7.46. The van der Waals surface area contributed by atoms with E-state index in [1.165, 1.54) is 0 Å². The summed E-state index contributed by atoms with van der Waals surface area (Å²) in [6, 6.07) is 15.3. The van der Waals surface area contributed by atoms with Gasteiger partial charge in [-0.2, -0.15) is 0 Å². The maximum absolute atomic E-state index is 12.1. The molecule has 3 rings (SSSR count). The molecule has 0 radical (unpaired) electrons. The van der Waals surface area contributed by atoms with Crippen LogP contribution < -0.4 is 10.6 Å². The van der Waals surface area contributed by atoms with E-state index in [2.05, 4.69) is 10.6 Å². The Morgan fingerprint density at radius 2 is 1.67 bits per heavy atom. The normalized spacial score (nSPS) is 13.4. The molecule has 2 aromatic rings. The maximum Gasteiger partial charge on any atom is 0.251 e. The lowest BCUT2D eigenvalue weighted by Crippen LogP contribution is -2.34. The first-order chi connectivity index (χ1) is 13.0. The quantitative estimate of drug-likeness (QED) is 0.734. The number of carbonyl (C=O) groups is 2. The Morgan fingerprint density at radius 1 is 1.04 bits per heavy atom. The predicted octanol–water partition coefficient (Wildman–Crippen LogP) is 2.98. The van der Waals surface area contributed by atoms with Gasteiger partial charge < -0.3 is 10.6 Å². The monoisotopic (exact) mass is 385 g/mol. The van der Waals surface area contributed by atoms with Crippen LogP contribution in [0.2, 0.25) is 5.02 Å². The summed E-state index contributed by atoms with van der Waals surface area (Å²) in [5.41, 5.74) is 2.75. The van der Waals surface area contributed by atoms with Gasteiger partial charge in [0.05, 0.1) is 6.54 Å². The van der Waals surface area contributed by atoms with Crippen LogP contribution in [0.25, 0.3) is 0 Å². The zero-order valence-corrected chi connectivity index (χ0v) is 16.1. The minimum atomic E-state index is -0.0344. The summed E-state index contributed by atoms with van der Waals surface area (Å²) < 4.78 is 0. The van der Waals surface area contributed by atoms with E-state index in [0.717, 1.165) is 24.0 Å². The molecular formula is C21H24ClN3O2. The Hall–Kier alpha value is -2.37. The first-order valence-electron chi connectivity index (χ1n) is 9.09. The molecule has 0 spiro atoms. The first kappa shape index (κ1) is 19.4. The molecule has 0 aliphatic heterocycles. The maximum atomic E-state index is 12.1. The number of nitrogens with zero attached hydrogens (tertiary/aromatic N) is 1. The summed E-state index contributed by atoms with van der Waals surface area (Å²) in [5.74, 6) is -0.0492. The van der Waals surface area contributed by atoms with Crippen molar-refractivity contribution < 1.29 is 9.59 Å². The van der Waals surface area contributed by atoms with Crippen LogP contribution >= 0.6 is 11.6 Å². The van der Waals surface area contributed by atoms with Gasteiger partial charge in [0.15, 0.2) is 0 Å². The summed E-state index contributed by atoms with van der Waals surface area (Å²) in [6.45, 7) is 1.42. The van der Waals surface area contributed by atoms with E-state index in [0.29, 0.717) is 36.3 Å². The Morgan fingerprint density at radius 3 is 2.30 bits per heavy atom. The van der Waals surface area contributed by atoms with Crippen molar-refractivity contribution in [3.63, 3.8) is 0 Å². The fraction of sp³-hybridized carbons (Fsp3) is 0.333. The highest BCUT2D eigenvalue weighted by Crippen LogP contribution is 2.19. The van der Waals surface area contributed by atoms with Gasteiger partial charge in [-0.25, -0.2) is 0 Å². The molecule has 5 nitrogen and oxygen atoms in total. The summed E-state index contributed by atoms with van der Waals surface area (Å²) >= 11 is 5.86. The van der Waals surface area contributed by atoms with Gasteiger partial charge in [-0.15, -0.1) is 0 Å². The molecule has 0 aromatic heterocycles. The Kier molecular flexibility index (Phi) is 6.48. The number of hydrogen-bond acceptors (Lipinski definition) is 3. The van der Waals surface area contributed by atoms with Crippen LogP contribution in [0.3, 0.4) is 0 Å². The second kappa shape index (κ2) is 9.02. The smallest absolute Gasteiger partial charge is 0.251 e. The summed E-state index contributed by atoms with van der Waals surface area (Å²) in [5, 5.41) is 6.57. The minimum absolute atomic E-state index is 0.0148. The third-order valence-corrected chi connectivity index (χ3v) is 4.65. The highest BCUT2D eigenvalue weighted by Gasteiger charge is 2.23. The van der Waals surface area contributed by atoms with Crippen molar-refractivity contribution in [2.75, 3.05) is 13.6 Å². The summed E-state index contributed by atoms with van der Waals surface area (Å²) in [6.07, 6.45) is 2.16. The highest BCUT2D eigenvalue weighted by molar-refractivity contribution is 6.30. The van der Waals surface area contributed by atoms with Gasteiger partial charge in [-0.3, -0.25) is 14.5 Å². The van der Waals surface area contributed by atoms with Gasteiger partial charge in [0.1, 0.15) is 0 Å². The van der Waals surface area contributed by atoms with E-state index >= 15 is 0 Å². The van der Waals surface area contributed by atoms with Crippen LogP contribution in [-0.4, -0.2) is 36.3 Å². The van der Waals surface area contributed by atoms with Crippen LogP contribution in [0.4, 0.5) is 0 Å². The van der Waals surface area contributed by atoms with Gasteiger partial charge in [0.2, 0.25) is 5.91 Å². The van der Waals surface area contributed by atoms with Crippen LogP contribution in [0.15, 0.2) is 48.5 Å². The van der Waals surface area contributed by atoms with Gasteiger partial charge >= 0.3 is 0 Å². The molecule has 0 atom stereocenters. The Balaban J connectivity index is 1.42. The molecule has 27 heavy (non-hydrogen) atoms. The molecule has 1 saturated carbocycles. The van der Waals surface area contributed by atoms with Crippen molar-refractivity contribution in [1.29, 1.82) is 0 Å². The van der Waals surface area contributed by atoms with Crippen molar-refractivity contribution in [2.24, 2.45) is 0 Å². The number of hydrogen-bond donors (Lipinski definition) is 2. The Bertz CT molecular complexity index is 786. The molecule has 0 saturated heterocycles. The van der Waals surface area contributed by atoms with Crippen molar-refractivity contribution in [1.82, 2.24) is 15.5 Å². The molecular weight excluding hydrogens is 362 g/mol. The standard InChI is InChI=1S/C21H24ClN3O2/c1-25(14-20(26)23-12-15-4-8-18(22)9-5-15)13-16-2-6-17(7-3-16)21(27)24-19-10-11-19/h2-9,19H,10-14H2,1H3,(H,23,26)(H,24,27). The zero-order chi connectivity index (χ0) is 19.2. The molecule has 2 aromatic carbocycles. The van der Waals surface area contributed by atoms with E-state index in [1.54, 1.807) is 0 Å². The third-order valence-electron chi connectivity index (χ3n) is 4.40. The van der Waals surface area contributed by atoms with E-state index in [4.69, 9.17) is 11.6 Å². The van der Waals surface area contributed by atoms with E-state index < -0.39 is 0 Å². The molecule has 0 bridgehead atoms. The lowest BCUT2D eigenvalue weighted by atomic mass is 10.1. The minimum Gasteiger partial charge on any atom is -0.351 e. The highest BCUT2D eigenvalue weighted by atomic mass is 35.5. The number of halogens is 1. The van der Waals surface area contributed by atoms with Gasteiger partial charge in [0, 0.05) is 29.7 Å². The molecule has 0 heterocycles. The average Bonchev–Trinajstić information content (AvgIpc) is 3.45. The van der Waals surface area contributed by atoms with Crippen LogP contribution in [-0.2, 0) is 17.9 Å². The Labute approximate surface area is 164 Å². The molecule has 2 amide bonds. The van der Waals surface area contributed by atoms with Gasteiger partial charge in [-0.1, -0.05) is 35.9 Å². The first-order valence-corrected chi connectivity index (χ1v) is 9.47. The van der Waals surface area contributed by atoms with Crippen molar-refractivity contribution in [3.8, 4) is 0 Å². The van der Waals surface area contributed by atoms with Crippen molar-refractivity contribution >= 4 is 23.4 Å². The molecule has 142 valence electrons. The molecule has 1 aliphatic rings. The third kappa shape index (κ3) is 6.38. The lowest BCUT2D eigenvalue weighted by molar-refractivity contribution is -0.122. The van der Waals surface area contributed by atoms with Gasteiger partial charge in [-0.05, 0) is 55.3 Å². The second-order valence-electron chi connectivity index (χ2n) is 7.02. The van der Waals surface area contributed by atoms with E-state index in [1.807, 2.05) is 60.5 Å². The molecule has 6 heteroatoms. The number of likely N-dealkylation sites (N-methyl/N-ethyl adjacent to an activating group) is 1. The predicted molar refractivity (Wildman–Crippen MR) is 107 cm³/mol. The fourth-order valence-electron chi connectivity index (χ4n) is 2.73. The molecule has 2 N–H and O–H groups in total. The van der Waals surface area contributed by atoms with E-state index in [9.17, 15) is 9.59 Å². The largest absolute Gasteiger partial charge is 0.351 e. The van der Waals surface area contributed by atoms with Crippen LogP contribution in [0.5, 0.6) is 0 Å². The van der Waals surface area contributed by atoms with E-state index in [-0.39, 0.29) is 11.8 Å². The molecule has 0 unspecified atom stereocenters. The van der Waals surface area contributed by atoms with Crippen LogP contribution in [0, 0.1) is 0 Å². The number of amides is 2. The van der Waals surface area contributed by atoms with Crippen LogP contribution in [0.1, 0.15) is 34.3 Å². The number of nitrogens with one attached hydrogen (secondary N) is 2. The van der Waals surface area contributed by atoms with Gasteiger partial charge in [0.25, 0.3) is 5.91 Å². The average molecular weight is 386 g/mol. The number of benzene rings is 2. The lowest BCUT2D eigenvalue weighted by Gasteiger charge is -2.16. The molecule has 1 aliphatic carbocycles. The number of rotatable bonds is 8. The fourth-order valence-corrected chi connectivity index (χ4v) is 2.86. The number of carbonyl (C=O) groups excluding carboxylic acids is 2. The zero-order valence-electron chi connectivity index (χ0n) is 15.4. The van der Waals surface area contributed by atoms with Crippen molar-refractivity contribution in [3.05, 3.63) is 70.2 Å².